The average molecular weight is 300 g/mol. The van der Waals surface area contributed by atoms with Crippen LogP contribution < -0.4 is 9.47 Å². The molecule has 0 amide bonds. The van der Waals surface area contributed by atoms with E-state index in [0.717, 1.165) is 0 Å². The van der Waals surface area contributed by atoms with Crippen LogP contribution >= 0.6 is 0 Å². The van der Waals surface area contributed by atoms with Gasteiger partial charge in [0.1, 0.15) is 17.1 Å². The predicted molar refractivity (Wildman–Crippen MR) is 81.0 cm³/mol. The van der Waals surface area contributed by atoms with Crippen molar-refractivity contribution in [3.63, 3.8) is 0 Å². The van der Waals surface area contributed by atoms with Crippen molar-refractivity contribution < 1.29 is 24.2 Å². The molecule has 0 heterocycles. The molecule has 0 bridgehead atoms. The van der Waals surface area contributed by atoms with Crippen LogP contribution in [0.15, 0.2) is 42.5 Å². The number of aromatic carboxylic acids is 1. The van der Waals surface area contributed by atoms with Crippen LogP contribution in [0.2, 0.25) is 0 Å². The molecular formula is C17H16O5. The van der Waals surface area contributed by atoms with Gasteiger partial charge in [-0.25, -0.2) is 4.79 Å². The zero-order valence-electron chi connectivity index (χ0n) is 12.3. The van der Waals surface area contributed by atoms with E-state index in [1.807, 2.05) is 0 Å². The maximum atomic E-state index is 12.3. The van der Waals surface area contributed by atoms with Crippen LogP contribution in [0.25, 0.3) is 0 Å². The minimum absolute atomic E-state index is 0.00877. The lowest BCUT2D eigenvalue weighted by molar-refractivity contribution is 0.0692. The summed E-state index contributed by atoms with van der Waals surface area (Å²) >= 11 is 0. The van der Waals surface area contributed by atoms with E-state index in [1.165, 1.54) is 7.11 Å². The second-order valence-electron chi connectivity index (χ2n) is 4.63. The van der Waals surface area contributed by atoms with Crippen LogP contribution in [0.4, 0.5) is 0 Å². The van der Waals surface area contributed by atoms with Crippen LogP contribution in [0.3, 0.4) is 0 Å². The van der Waals surface area contributed by atoms with E-state index in [1.54, 1.807) is 49.6 Å². The summed E-state index contributed by atoms with van der Waals surface area (Å²) in [4.78, 5) is 23.7. The van der Waals surface area contributed by atoms with E-state index in [4.69, 9.17) is 9.47 Å². The Hall–Kier alpha value is -2.82. The summed E-state index contributed by atoms with van der Waals surface area (Å²) in [6.07, 6.45) is -0.00877. The third-order valence-corrected chi connectivity index (χ3v) is 3.31. The number of ether oxygens (including phenoxy) is 2. The van der Waals surface area contributed by atoms with Gasteiger partial charge in [-0.15, -0.1) is 0 Å². The highest BCUT2D eigenvalue weighted by atomic mass is 16.5. The van der Waals surface area contributed by atoms with Crippen LogP contribution in [0.1, 0.15) is 26.3 Å². The topological polar surface area (TPSA) is 72.8 Å². The maximum Gasteiger partial charge on any atom is 0.339 e. The Morgan fingerprint density at radius 2 is 1.68 bits per heavy atom. The first-order chi connectivity index (χ1) is 10.6. The van der Waals surface area contributed by atoms with Gasteiger partial charge in [0.05, 0.1) is 14.2 Å². The lowest BCUT2D eigenvalue weighted by Crippen LogP contribution is -2.10. The Balaban J connectivity index is 2.29. The van der Waals surface area contributed by atoms with Gasteiger partial charge in [-0.2, -0.15) is 0 Å². The highest BCUT2D eigenvalue weighted by Gasteiger charge is 2.18. The van der Waals surface area contributed by atoms with Crippen molar-refractivity contribution in [1.82, 2.24) is 0 Å². The molecule has 22 heavy (non-hydrogen) atoms. The van der Waals surface area contributed by atoms with Gasteiger partial charge in [-0.3, -0.25) is 4.79 Å². The number of methoxy groups -OCH3 is 2. The molecule has 0 unspecified atom stereocenters. The molecule has 0 saturated heterocycles. The molecule has 0 atom stereocenters. The predicted octanol–water partition coefficient (Wildman–Crippen LogP) is 2.83. The SMILES string of the molecule is COc1ccc(C(=O)Cc2cccc(OC)c2C(=O)O)cc1. The normalized spacial score (nSPS) is 10.1. The van der Waals surface area contributed by atoms with Crippen molar-refractivity contribution in [3.05, 3.63) is 59.2 Å². The van der Waals surface area contributed by atoms with Crippen molar-refractivity contribution >= 4 is 11.8 Å². The number of hydrogen-bond acceptors (Lipinski definition) is 4. The maximum absolute atomic E-state index is 12.3. The number of carboxylic acids is 1. The fourth-order valence-corrected chi connectivity index (χ4v) is 2.19. The lowest BCUT2D eigenvalue weighted by atomic mass is 9.98. The monoisotopic (exact) mass is 300 g/mol. The van der Waals surface area contributed by atoms with Gasteiger partial charge in [-0.05, 0) is 35.9 Å². The molecule has 0 spiro atoms. The van der Waals surface area contributed by atoms with E-state index >= 15 is 0 Å². The minimum atomic E-state index is -1.12. The van der Waals surface area contributed by atoms with E-state index in [-0.39, 0.29) is 23.5 Å². The summed E-state index contributed by atoms with van der Waals surface area (Å²) in [6, 6.07) is 11.5. The van der Waals surface area contributed by atoms with Crippen LogP contribution in [-0.2, 0) is 6.42 Å². The van der Waals surface area contributed by atoms with Crippen molar-refractivity contribution in [1.29, 1.82) is 0 Å². The molecule has 114 valence electrons. The standard InChI is InChI=1S/C17H16O5/c1-21-13-8-6-11(7-9-13)14(18)10-12-4-3-5-15(22-2)16(12)17(19)20/h3-9H,10H2,1-2H3,(H,19,20). The largest absolute Gasteiger partial charge is 0.497 e. The molecule has 0 aliphatic heterocycles. The molecule has 5 heteroatoms. The number of carboxylic acid groups (broad SMARTS) is 1. The van der Waals surface area contributed by atoms with E-state index in [9.17, 15) is 14.7 Å². The minimum Gasteiger partial charge on any atom is -0.497 e. The number of Topliss-reactive ketones (excluding diaryl/α,β-unsaturated/α-hetero) is 1. The van der Waals surface area contributed by atoms with Gasteiger partial charge in [0.15, 0.2) is 5.78 Å². The fraction of sp³-hybridized carbons (Fsp3) is 0.176. The smallest absolute Gasteiger partial charge is 0.339 e. The molecule has 0 fully saturated rings. The first kappa shape index (κ1) is 15.6. The van der Waals surface area contributed by atoms with Crippen LogP contribution in [0, 0.1) is 0 Å². The molecule has 2 rings (SSSR count). The molecule has 0 aliphatic rings. The molecule has 5 nitrogen and oxygen atoms in total. The average Bonchev–Trinajstić information content (AvgIpc) is 2.54. The molecule has 0 aromatic heterocycles. The Morgan fingerprint density at radius 1 is 1.00 bits per heavy atom. The van der Waals surface area contributed by atoms with Crippen molar-refractivity contribution in [2.45, 2.75) is 6.42 Å². The quantitative estimate of drug-likeness (QED) is 0.830. The molecule has 2 aromatic rings. The summed E-state index contributed by atoms with van der Waals surface area (Å²) in [5.41, 5.74) is 0.944. The summed E-state index contributed by atoms with van der Waals surface area (Å²) < 4.78 is 10.1. The second kappa shape index (κ2) is 6.76. The van der Waals surface area contributed by atoms with E-state index < -0.39 is 5.97 Å². The Bertz CT molecular complexity index is 689. The third kappa shape index (κ3) is 3.25. The number of benzene rings is 2. The van der Waals surface area contributed by atoms with E-state index in [0.29, 0.717) is 16.9 Å². The highest BCUT2D eigenvalue weighted by Crippen LogP contribution is 2.24. The molecule has 0 saturated carbocycles. The molecular weight excluding hydrogens is 284 g/mol. The number of hydrogen-bond donors (Lipinski definition) is 1. The Labute approximate surface area is 128 Å². The van der Waals surface area contributed by atoms with E-state index in [2.05, 4.69) is 0 Å². The summed E-state index contributed by atoms with van der Waals surface area (Å²) in [5.74, 6) is -0.384. The van der Waals surface area contributed by atoms with Crippen molar-refractivity contribution in [3.8, 4) is 11.5 Å². The number of carbonyl (C=O) groups excluding carboxylic acids is 1. The van der Waals surface area contributed by atoms with Crippen molar-refractivity contribution in [2.24, 2.45) is 0 Å². The molecule has 1 N–H and O–H groups in total. The zero-order chi connectivity index (χ0) is 16.1. The van der Waals surface area contributed by atoms with Gasteiger partial charge in [0.25, 0.3) is 0 Å². The van der Waals surface area contributed by atoms with Gasteiger partial charge >= 0.3 is 5.97 Å². The van der Waals surface area contributed by atoms with Gasteiger partial charge in [-0.1, -0.05) is 12.1 Å². The summed E-state index contributed by atoms with van der Waals surface area (Å²) in [5, 5.41) is 9.32. The third-order valence-electron chi connectivity index (χ3n) is 3.31. The Morgan fingerprint density at radius 3 is 2.23 bits per heavy atom. The van der Waals surface area contributed by atoms with Crippen molar-refractivity contribution in [2.75, 3.05) is 14.2 Å². The first-order valence-electron chi connectivity index (χ1n) is 6.63. The molecule has 2 aromatic carbocycles. The summed E-state index contributed by atoms with van der Waals surface area (Å²) in [6.45, 7) is 0. The van der Waals surface area contributed by atoms with Gasteiger partial charge < -0.3 is 14.6 Å². The number of ketones is 1. The van der Waals surface area contributed by atoms with Gasteiger partial charge in [0.2, 0.25) is 0 Å². The Kier molecular flexibility index (Phi) is 4.78. The van der Waals surface area contributed by atoms with Crippen LogP contribution in [-0.4, -0.2) is 31.1 Å². The highest BCUT2D eigenvalue weighted by molar-refractivity contribution is 6.00. The number of carbonyl (C=O) groups is 2. The summed E-state index contributed by atoms with van der Waals surface area (Å²) in [7, 11) is 2.95. The number of rotatable bonds is 6. The van der Waals surface area contributed by atoms with Crippen LogP contribution in [0.5, 0.6) is 11.5 Å². The van der Waals surface area contributed by atoms with Gasteiger partial charge in [0, 0.05) is 12.0 Å². The fourth-order valence-electron chi connectivity index (χ4n) is 2.19. The zero-order valence-corrected chi connectivity index (χ0v) is 12.3. The second-order valence-corrected chi connectivity index (χ2v) is 4.63. The molecule has 0 radical (unpaired) electrons. The first-order valence-corrected chi connectivity index (χ1v) is 6.63. The molecule has 0 aliphatic carbocycles. The lowest BCUT2D eigenvalue weighted by Gasteiger charge is -2.10.